The number of benzene rings is 2. The van der Waals surface area contributed by atoms with Crippen LogP contribution in [0.4, 0.5) is 0 Å². The zero-order valence-electron chi connectivity index (χ0n) is 14.7. The van der Waals surface area contributed by atoms with Gasteiger partial charge in [0.1, 0.15) is 11.7 Å². The average molecular weight is 365 g/mol. The molecule has 0 radical (unpaired) electrons. The lowest BCUT2D eigenvalue weighted by Crippen LogP contribution is -2.34. The minimum atomic E-state index is -0.853. The maximum absolute atomic E-state index is 12.5. The molecule has 0 saturated carbocycles. The van der Waals surface area contributed by atoms with Crippen molar-refractivity contribution in [1.29, 1.82) is 0 Å². The molecule has 0 aromatic heterocycles. The van der Waals surface area contributed by atoms with Crippen LogP contribution in [0.1, 0.15) is 24.0 Å². The Morgan fingerprint density at radius 3 is 2.59 bits per heavy atom. The summed E-state index contributed by atoms with van der Waals surface area (Å²) in [5.74, 6) is -2.02. The topological polar surface area (TPSA) is 96.9 Å². The highest BCUT2D eigenvalue weighted by Crippen LogP contribution is 2.29. The van der Waals surface area contributed by atoms with Crippen LogP contribution in [-0.4, -0.2) is 30.5 Å². The van der Waals surface area contributed by atoms with Crippen molar-refractivity contribution in [3.05, 3.63) is 65.7 Å². The van der Waals surface area contributed by atoms with Crippen molar-refractivity contribution in [2.24, 2.45) is 11.0 Å². The highest BCUT2D eigenvalue weighted by atomic mass is 16.5. The molecular formula is C20H19N3O4. The normalized spacial score (nSPS) is 18.9. The minimum Gasteiger partial charge on any atom is -0.426 e. The third-order valence-electron chi connectivity index (χ3n) is 4.24. The van der Waals surface area contributed by atoms with Crippen LogP contribution >= 0.6 is 0 Å². The standard InChI is InChI=1S/C20H19N3O4/c1-13(24)27-17-10-6-5-9-15(17)11-22-23-20(26)18-16(12-21-19(18)25)14-7-3-2-4-8-14/h2-11,16,18H,12H2,1H3,(H,21,25)(H,23,26)/b22-11-. The predicted molar refractivity (Wildman–Crippen MR) is 99.2 cm³/mol. The van der Waals surface area contributed by atoms with Crippen LogP contribution in [0.2, 0.25) is 0 Å². The van der Waals surface area contributed by atoms with E-state index >= 15 is 0 Å². The zero-order chi connectivity index (χ0) is 19.2. The number of nitrogens with zero attached hydrogens (tertiary/aromatic N) is 1. The number of nitrogens with one attached hydrogen (secondary N) is 2. The number of carbonyl (C=O) groups excluding carboxylic acids is 3. The summed E-state index contributed by atoms with van der Waals surface area (Å²) in [7, 11) is 0. The molecule has 2 aromatic carbocycles. The summed E-state index contributed by atoms with van der Waals surface area (Å²) >= 11 is 0. The van der Waals surface area contributed by atoms with Crippen molar-refractivity contribution in [2.75, 3.05) is 6.54 Å². The van der Waals surface area contributed by atoms with Gasteiger partial charge in [0, 0.05) is 24.9 Å². The van der Waals surface area contributed by atoms with Crippen molar-refractivity contribution in [2.45, 2.75) is 12.8 Å². The fraction of sp³-hybridized carbons (Fsp3) is 0.200. The van der Waals surface area contributed by atoms with Gasteiger partial charge < -0.3 is 10.1 Å². The van der Waals surface area contributed by atoms with Gasteiger partial charge in [-0.1, -0.05) is 42.5 Å². The molecule has 1 aliphatic rings. The van der Waals surface area contributed by atoms with Crippen LogP contribution in [0.15, 0.2) is 59.7 Å². The highest BCUT2D eigenvalue weighted by molar-refractivity contribution is 6.03. The number of para-hydroxylation sites is 1. The summed E-state index contributed by atoms with van der Waals surface area (Å²) in [6.07, 6.45) is 1.38. The molecule has 2 aromatic rings. The second-order valence-corrected chi connectivity index (χ2v) is 6.11. The lowest BCUT2D eigenvalue weighted by Gasteiger charge is -2.15. The molecule has 0 aliphatic carbocycles. The van der Waals surface area contributed by atoms with E-state index in [9.17, 15) is 14.4 Å². The number of rotatable bonds is 5. The SMILES string of the molecule is CC(=O)Oc1ccccc1/C=N\NC(=O)C1C(=O)NCC1c1ccccc1. The van der Waals surface area contributed by atoms with Gasteiger partial charge in [-0.3, -0.25) is 14.4 Å². The summed E-state index contributed by atoms with van der Waals surface area (Å²) in [5, 5.41) is 6.65. The number of hydrazone groups is 1. The summed E-state index contributed by atoms with van der Waals surface area (Å²) in [6, 6.07) is 16.2. The number of ether oxygens (including phenoxy) is 1. The summed E-state index contributed by atoms with van der Waals surface area (Å²) in [6.45, 7) is 1.71. The molecule has 7 heteroatoms. The largest absolute Gasteiger partial charge is 0.426 e. The van der Waals surface area contributed by atoms with E-state index < -0.39 is 17.8 Å². The Hall–Kier alpha value is -3.48. The maximum Gasteiger partial charge on any atom is 0.308 e. The molecular weight excluding hydrogens is 346 g/mol. The molecule has 2 amide bonds. The molecule has 1 aliphatic heterocycles. The molecule has 2 atom stereocenters. The van der Waals surface area contributed by atoms with Gasteiger partial charge in [0.05, 0.1) is 6.21 Å². The Balaban J connectivity index is 1.71. The van der Waals surface area contributed by atoms with E-state index in [1.807, 2.05) is 30.3 Å². The first-order valence-electron chi connectivity index (χ1n) is 8.49. The summed E-state index contributed by atoms with van der Waals surface area (Å²) in [4.78, 5) is 35.8. The van der Waals surface area contributed by atoms with E-state index in [0.29, 0.717) is 17.9 Å². The van der Waals surface area contributed by atoms with Crippen LogP contribution in [0.3, 0.4) is 0 Å². The first-order chi connectivity index (χ1) is 13.1. The van der Waals surface area contributed by atoms with Crippen LogP contribution in [0, 0.1) is 5.92 Å². The molecule has 1 heterocycles. The number of carbonyl (C=O) groups is 3. The smallest absolute Gasteiger partial charge is 0.308 e. The quantitative estimate of drug-likeness (QED) is 0.276. The second kappa shape index (κ2) is 8.27. The molecule has 2 N–H and O–H groups in total. The molecule has 0 bridgehead atoms. The minimum absolute atomic E-state index is 0.248. The molecule has 0 spiro atoms. The second-order valence-electron chi connectivity index (χ2n) is 6.11. The molecule has 3 rings (SSSR count). The van der Waals surface area contributed by atoms with Crippen molar-refractivity contribution < 1.29 is 19.1 Å². The number of hydrogen-bond donors (Lipinski definition) is 2. The number of hydrogen-bond acceptors (Lipinski definition) is 5. The molecule has 7 nitrogen and oxygen atoms in total. The van der Waals surface area contributed by atoms with Crippen molar-refractivity contribution in [1.82, 2.24) is 10.7 Å². The Morgan fingerprint density at radius 2 is 1.85 bits per heavy atom. The summed E-state index contributed by atoms with van der Waals surface area (Å²) < 4.78 is 5.09. The average Bonchev–Trinajstić information content (AvgIpc) is 3.05. The van der Waals surface area contributed by atoms with Crippen LogP contribution in [-0.2, 0) is 14.4 Å². The Morgan fingerprint density at radius 1 is 1.15 bits per heavy atom. The molecule has 138 valence electrons. The summed E-state index contributed by atoms with van der Waals surface area (Å²) in [5.41, 5.74) is 3.86. The zero-order valence-corrected chi connectivity index (χ0v) is 14.7. The molecule has 1 saturated heterocycles. The van der Waals surface area contributed by atoms with Gasteiger partial charge in [0.2, 0.25) is 5.91 Å². The fourth-order valence-electron chi connectivity index (χ4n) is 3.00. The maximum atomic E-state index is 12.5. The van der Waals surface area contributed by atoms with Crippen LogP contribution < -0.4 is 15.5 Å². The van der Waals surface area contributed by atoms with E-state index in [-0.39, 0.29) is 11.8 Å². The Labute approximate surface area is 156 Å². The van der Waals surface area contributed by atoms with Gasteiger partial charge in [-0.25, -0.2) is 5.43 Å². The third-order valence-corrected chi connectivity index (χ3v) is 4.24. The number of esters is 1. The lowest BCUT2D eigenvalue weighted by molar-refractivity contribution is -0.134. The van der Waals surface area contributed by atoms with Gasteiger partial charge in [-0.2, -0.15) is 5.10 Å². The molecule has 27 heavy (non-hydrogen) atoms. The van der Waals surface area contributed by atoms with E-state index in [0.717, 1.165) is 5.56 Å². The van der Waals surface area contributed by atoms with Crippen molar-refractivity contribution >= 4 is 24.0 Å². The Kier molecular flexibility index (Phi) is 5.61. The molecule has 1 fully saturated rings. The fourth-order valence-corrected chi connectivity index (χ4v) is 3.00. The first-order valence-corrected chi connectivity index (χ1v) is 8.49. The van der Waals surface area contributed by atoms with Crippen molar-refractivity contribution in [3.63, 3.8) is 0 Å². The van der Waals surface area contributed by atoms with E-state index in [4.69, 9.17) is 4.74 Å². The third kappa shape index (κ3) is 4.38. The molecule has 2 unspecified atom stereocenters. The predicted octanol–water partition coefficient (Wildman–Crippen LogP) is 1.59. The Bertz CT molecular complexity index is 880. The highest BCUT2D eigenvalue weighted by Gasteiger charge is 2.40. The lowest BCUT2D eigenvalue weighted by atomic mass is 9.88. The van der Waals surface area contributed by atoms with Crippen molar-refractivity contribution in [3.8, 4) is 5.75 Å². The van der Waals surface area contributed by atoms with E-state index in [2.05, 4.69) is 15.8 Å². The van der Waals surface area contributed by atoms with Gasteiger partial charge in [-0.05, 0) is 17.7 Å². The van der Waals surface area contributed by atoms with Gasteiger partial charge >= 0.3 is 5.97 Å². The van der Waals surface area contributed by atoms with Crippen LogP contribution in [0.25, 0.3) is 0 Å². The van der Waals surface area contributed by atoms with E-state index in [1.165, 1.54) is 13.1 Å². The van der Waals surface area contributed by atoms with Gasteiger partial charge in [-0.15, -0.1) is 0 Å². The van der Waals surface area contributed by atoms with E-state index in [1.54, 1.807) is 24.3 Å². The van der Waals surface area contributed by atoms with Gasteiger partial charge in [0.15, 0.2) is 0 Å². The van der Waals surface area contributed by atoms with Crippen LogP contribution in [0.5, 0.6) is 5.75 Å². The number of amides is 2. The first kappa shape index (κ1) is 18.3. The van der Waals surface area contributed by atoms with Gasteiger partial charge in [0.25, 0.3) is 5.91 Å². The monoisotopic (exact) mass is 365 g/mol.